The number of aromatic nitrogens is 1. The Bertz CT molecular complexity index is 767. The molecule has 7 heteroatoms. The van der Waals surface area contributed by atoms with Crippen LogP contribution in [-0.2, 0) is 16.6 Å². The van der Waals surface area contributed by atoms with Crippen molar-refractivity contribution in [3.63, 3.8) is 0 Å². The molecule has 0 bridgehead atoms. The Morgan fingerprint density at radius 1 is 1.29 bits per heavy atom. The van der Waals surface area contributed by atoms with Crippen molar-refractivity contribution >= 4 is 27.0 Å². The Hall–Kier alpha value is -1.44. The molecule has 0 spiro atoms. The summed E-state index contributed by atoms with van der Waals surface area (Å²) in [7, 11) is -2.06. The van der Waals surface area contributed by atoms with Gasteiger partial charge in [-0.25, -0.2) is 13.4 Å². The first-order chi connectivity index (χ1) is 9.73. The Balaban J connectivity index is 2.40. The number of benzene rings is 1. The predicted octanol–water partition coefficient (Wildman–Crippen LogP) is 2.47. The van der Waals surface area contributed by atoms with Crippen molar-refractivity contribution in [3.8, 4) is 0 Å². The molecule has 0 aliphatic carbocycles. The van der Waals surface area contributed by atoms with Gasteiger partial charge in [-0.2, -0.15) is 4.31 Å². The highest BCUT2D eigenvalue weighted by Gasteiger charge is 2.26. The Morgan fingerprint density at radius 3 is 2.52 bits per heavy atom. The van der Waals surface area contributed by atoms with Crippen LogP contribution in [0.25, 0.3) is 0 Å². The average Bonchev–Trinajstić information content (AvgIpc) is 2.79. The van der Waals surface area contributed by atoms with Crippen LogP contribution in [0, 0.1) is 20.8 Å². The maximum Gasteiger partial charge on any atom is 0.245 e. The van der Waals surface area contributed by atoms with Gasteiger partial charge in [-0.3, -0.25) is 0 Å². The van der Waals surface area contributed by atoms with Gasteiger partial charge in [0.2, 0.25) is 10.0 Å². The highest BCUT2D eigenvalue weighted by molar-refractivity contribution is 7.89. The topological polar surface area (TPSA) is 76.3 Å². The molecule has 0 aliphatic heterocycles. The Kier molecular flexibility index (Phi) is 4.36. The number of nitrogens with two attached hydrogens (primary N) is 1. The lowest BCUT2D eigenvalue weighted by Gasteiger charge is -2.20. The number of hydrogen-bond donors (Lipinski definition) is 1. The first kappa shape index (κ1) is 15.9. The van der Waals surface area contributed by atoms with E-state index in [1.807, 2.05) is 19.9 Å². The number of nitrogens with zero attached hydrogens (tertiary/aromatic N) is 2. The van der Waals surface area contributed by atoms with E-state index < -0.39 is 10.0 Å². The van der Waals surface area contributed by atoms with Crippen molar-refractivity contribution in [1.82, 2.24) is 9.29 Å². The Labute approximate surface area is 129 Å². The number of rotatable bonds is 4. The van der Waals surface area contributed by atoms with Gasteiger partial charge in [0.15, 0.2) is 0 Å². The summed E-state index contributed by atoms with van der Waals surface area (Å²) in [5.41, 5.74) is 7.78. The summed E-state index contributed by atoms with van der Waals surface area (Å²) in [6.07, 6.45) is 1.71. The monoisotopic (exact) mass is 325 g/mol. The smallest absolute Gasteiger partial charge is 0.245 e. The van der Waals surface area contributed by atoms with Crippen LogP contribution in [0.2, 0.25) is 0 Å². The van der Waals surface area contributed by atoms with Gasteiger partial charge >= 0.3 is 0 Å². The molecule has 5 nitrogen and oxygen atoms in total. The molecule has 2 rings (SSSR count). The van der Waals surface area contributed by atoms with E-state index >= 15 is 0 Å². The zero-order valence-electron chi connectivity index (χ0n) is 12.5. The summed E-state index contributed by atoms with van der Waals surface area (Å²) in [6, 6.07) is 3.47. The summed E-state index contributed by atoms with van der Waals surface area (Å²) in [4.78, 5) is 5.25. The summed E-state index contributed by atoms with van der Waals surface area (Å²) in [6.45, 7) is 5.84. The minimum absolute atomic E-state index is 0.200. The molecule has 1 heterocycles. The van der Waals surface area contributed by atoms with Gasteiger partial charge in [-0.15, -0.1) is 11.3 Å². The molecule has 1 aromatic carbocycles. The van der Waals surface area contributed by atoms with Gasteiger partial charge in [0, 0.05) is 24.7 Å². The minimum Gasteiger partial charge on any atom is -0.398 e. The van der Waals surface area contributed by atoms with Gasteiger partial charge in [-0.1, -0.05) is 6.07 Å². The fourth-order valence-corrected chi connectivity index (χ4v) is 4.56. The standard InChI is InChI=1S/C14H19N3O2S2/c1-9-5-6-13(15)14(10(9)2)21(18,19)17(4)8-12-7-16-11(3)20-12/h5-7H,8,15H2,1-4H3. The predicted molar refractivity (Wildman–Crippen MR) is 85.8 cm³/mol. The molecule has 0 saturated carbocycles. The quantitative estimate of drug-likeness (QED) is 0.876. The van der Waals surface area contributed by atoms with Crippen molar-refractivity contribution in [3.05, 3.63) is 39.3 Å². The molecule has 21 heavy (non-hydrogen) atoms. The van der Waals surface area contributed by atoms with E-state index in [1.54, 1.807) is 26.2 Å². The number of sulfonamides is 1. The van der Waals surface area contributed by atoms with Crippen molar-refractivity contribution in [2.24, 2.45) is 0 Å². The van der Waals surface area contributed by atoms with Crippen LogP contribution in [0.3, 0.4) is 0 Å². The van der Waals surface area contributed by atoms with Gasteiger partial charge in [0.25, 0.3) is 0 Å². The van der Waals surface area contributed by atoms with Crippen molar-refractivity contribution < 1.29 is 8.42 Å². The van der Waals surface area contributed by atoms with Crippen molar-refractivity contribution in [1.29, 1.82) is 0 Å². The highest BCUT2D eigenvalue weighted by atomic mass is 32.2. The second-order valence-electron chi connectivity index (χ2n) is 5.03. The minimum atomic E-state index is -3.62. The van der Waals surface area contributed by atoms with Crippen LogP contribution in [0.1, 0.15) is 21.0 Å². The molecule has 0 saturated heterocycles. The van der Waals surface area contributed by atoms with Gasteiger partial charge in [0.1, 0.15) is 4.90 Å². The van der Waals surface area contributed by atoms with E-state index in [4.69, 9.17) is 5.73 Å². The molecule has 2 N–H and O–H groups in total. The van der Waals surface area contributed by atoms with E-state index in [0.29, 0.717) is 12.1 Å². The fourth-order valence-electron chi connectivity index (χ4n) is 2.09. The number of nitrogen functional groups attached to an aromatic ring is 1. The fraction of sp³-hybridized carbons (Fsp3) is 0.357. The van der Waals surface area contributed by atoms with Gasteiger partial charge in [-0.05, 0) is 38.0 Å². The third kappa shape index (κ3) is 3.09. The summed E-state index contributed by atoms with van der Waals surface area (Å²) in [5.74, 6) is 0. The zero-order valence-corrected chi connectivity index (χ0v) is 14.2. The van der Waals surface area contributed by atoms with Crippen LogP contribution >= 0.6 is 11.3 Å². The van der Waals surface area contributed by atoms with E-state index in [0.717, 1.165) is 15.4 Å². The van der Waals surface area contributed by atoms with Gasteiger partial charge in [0.05, 0.1) is 10.7 Å². The maximum absolute atomic E-state index is 12.8. The van der Waals surface area contributed by atoms with Crippen LogP contribution in [0.4, 0.5) is 5.69 Å². The van der Waals surface area contributed by atoms with E-state index in [1.165, 1.54) is 15.6 Å². The first-order valence-corrected chi connectivity index (χ1v) is 8.72. The molecule has 0 unspecified atom stereocenters. The second kappa shape index (κ2) is 5.75. The normalized spacial score (nSPS) is 12.0. The van der Waals surface area contributed by atoms with E-state index in [-0.39, 0.29) is 10.6 Å². The first-order valence-electron chi connectivity index (χ1n) is 6.47. The number of anilines is 1. The van der Waals surface area contributed by atoms with Gasteiger partial charge < -0.3 is 5.73 Å². The molecule has 1 aromatic heterocycles. The second-order valence-corrected chi connectivity index (χ2v) is 8.33. The summed E-state index contributed by atoms with van der Waals surface area (Å²) >= 11 is 1.49. The van der Waals surface area contributed by atoms with Crippen LogP contribution in [0.15, 0.2) is 23.2 Å². The van der Waals surface area contributed by atoms with Crippen molar-refractivity contribution in [2.45, 2.75) is 32.2 Å². The average molecular weight is 325 g/mol. The third-order valence-electron chi connectivity index (χ3n) is 3.42. The largest absolute Gasteiger partial charge is 0.398 e. The maximum atomic E-state index is 12.8. The molecule has 2 aromatic rings. The van der Waals surface area contributed by atoms with Crippen LogP contribution < -0.4 is 5.73 Å². The van der Waals surface area contributed by atoms with E-state index in [2.05, 4.69) is 4.98 Å². The third-order valence-corrected chi connectivity index (χ3v) is 6.33. The summed E-state index contributed by atoms with van der Waals surface area (Å²) in [5, 5.41) is 0.919. The molecule has 114 valence electrons. The molecular weight excluding hydrogens is 306 g/mol. The molecule has 0 aliphatic rings. The molecule has 0 amide bonds. The lowest BCUT2D eigenvalue weighted by Crippen LogP contribution is -2.27. The lowest BCUT2D eigenvalue weighted by atomic mass is 10.1. The molecule has 0 fully saturated rings. The summed E-state index contributed by atoms with van der Waals surface area (Å²) < 4.78 is 26.9. The molecule has 0 radical (unpaired) electrons. The van der Waals surface area contributed by atoms with E-state index in [9.17, 15) is 8.42 Å². The Morgan fingerprint density at radius 2 is 1.95 bits per heavy atom. The van der Waals surface area contributed by atoms with Crippen LogP contribution in [-0.4, -0.2) is 24.8 Å². The van der Waals surface area contributed by atoms with Crippen LogP contribution in [0.5, 0.6) is 0 Å². The van der Waals surface area contributed by atoms with Crippen molar-refractivity contribution in [2.75, 3.05) is 12.8 Å². The highest BCUT2D eigenvalue weighted by Crippen LogP contribution is 2.28. The molecular formula is C14H19N3O2S2. The molecule has 0 atom stereocenters. The SMILES string of the molecule is Cc1ncc(CN(C)S(=O)(=O)c2c(N)ccc(C)c2C)s1. The number of thiazole rings is 1. The number of aryl methyl sites for hydroxylation is 2. The lowest BCUT2D eigenvalue weighted by molar-refractivity contribution is 0.469. The number of hydrogen-bond acceptors (Lipinski definition) is 5. The zero-order chi connectivity index (χ0) is 15.8.